The number of carbonyl (C=O) groups is 2. The molecule has 9 heteroatoms. The minimum atomic E-state index is -0.855. The van der Waals surface area contributed by atoms with E-state index in [9.17, 15) is 19.7 Å². The van der Waals surface area contributed by atoms with Crippen LogP contribution in [0.4, 0.5) is 17.1 Å². The van der Waals surface area contributed by atoms with E-state index < -0.39 is 11.0 Å². The summed E-state index contributed by atoms with van der Waals surface area (Å²) >= 11 is 6.09. The van der Waals surface area contributed by atoms with Crippen LogP contribution in [0.5, 0.6) is 0 Å². The van der Waals surface area contributed by atoms with E-state index in [2.05, 4.69) is 19.2 Å². The Hall–Kier alpha value is -4.69. The molecule has 2 heterocycles. The number of nitrogens with zero attached hydrogens (tertiary/aromatic N) is 2. The van der Waals surface area contributed by atoms with Crippen molar-refractivity contribution in [2.75, 3.05) is 10.2 Å². The molecule has 2 aliphatic rings. The third-order valence-electron chi connectivity index (χ3n) is 7.68. The maximum absolute atomic E-state index is 14.3. The van der Waals surface area contributed by atoms with Crippen LogP contribution in [-0.4, -0.2) is 16.6 Å². The average Bonchev–Trinajstić information content (AvgIpc) is 3.38. The SMILES string of the molecule is CC1(C)CC(=O)C2=C(C1)Nc1ccccc1N(C(=O)Cc1ccc(Cl)cc1)[C@@H]2c1ccc(-c2cccc([N+](=O)[O-])c2)o1. The van der Waals surface area contributed by atoms with E-state index in [0.29, 0.717) is 51.9 Å². The molecule has 8 nitrogen and oxygen atoms in total. The molecule has 42 heavy (non-hydrogen) atoms. The van der Waals surface area contributed by atoms with Crippen LogP contribution in [0.2, 0.25) is 5.02 Å². The van der Waals surface area contributed by atoms with Gasteiger partial charge in [-0.1, -0.05) is 61.8 Å². The molecular formula is C33H28ClN3O5. The number of nitro groups is 1. The Morgan fingerprint density at radius 2 is 1.81 bits per heavy atom. The Bertz CT molecular complexity index is 1760. The molecule has 1 atom stereocenters. The van der Waals surface area contributed by atoms with Gasteiger partial charge in [0.2, 0.25) is 5.91 Å². The number of amides is 1. The molecule has 0 spiro atoms. The smallest absolute Gasteiger partial charge is 0.270 e. The quantitative estimate of drug-likeness (QED) is 0.190. The van der Waals surface area contributed by atoms with Crippen molar-refractivity contribution >= 4 is 40.4 Å². The van der Waals surface area contributed by atoms with E-state index in [-0.39, 0.29) is 29.2 Å². The van der Waals surface area contributed by atoms with Gasteiger partial charge in [0.05, 0.1) is 22.7 Å². The molecule has 0 radical (unpaired) electrons. The molecule has 0 bridgehead atoms. The van der Waals surface area contributed by atoms with Gasteiger partial charge in [-0.05, 0) is 53.8 Å². The number of benzene rings is 3. The number of hydrogen-bond acceptors (Lipinski definition) is 6. The fourth-order valence-corrected chi connectivity index (χ4v) is 5.95. The van der Waals surface area contributed by atoms with Crippen LogP contribution in [0.1, 0.15) is 44.1 Å². The van der Waals surface area contributed by atoms with E-state index in [1.54, 1.807) is 41.3 Å². The largest absolute Gasteiger partial charge is 0.458 e. The summed E-state index contributed by atoms with van der Waals surface area (Å²) < 4.78 is 6.36. The Morgan fingerprint density at radius 1 is 1.05 bits per heavy atom. The van der Waals surface area contributed by atoms with Crippen LogP contribution >= 0.6 is 11.6 Å². The minimum absolute atomic E-state index is 0.0625. The van der Waals surface area contributed by atoms with Crippen LogP contribution < -0.4 is 10.2 Å². The topological polar surface area (TPSA) is 106 Å². The molecule has 4 aromatic rings. The molecule has 0 fully saturated rings. The molecule has 1 aromatic heterocycles. The van der Waals surface area contributed by atoms with E-state index in [1.165, 1.54) is 12.1 Å². The van der Waals surface area contributed by atoms with Gasteiger partial charge in [0.1, 0.15) is 17.6 Å². The van der Waals surface area contributed by atoms with Gasteiger partial charge in [-0.2, -0.15) is 0 Å². The Morgan fingerprint density at radius 3 is 2.57 bits per heavy atom. The van der Waals surface area contributed by atoms with Gasteiger partial charge in [0.25, 0.3) is 5.69 Å². The number of allylic oxidation sites excluding steroid dienone is 1. The van der Waals surface area contributed by atoms with Crippen molar-refractivity contribution < 1.29 is 18.9 Å². The third-order valence-corrected chi connectivity index (χ3v) is 7.93. The zero-order chi connectivity index (χ0) is 29.6. The fraction of sp³-hybridized carbons (Fsp3) is 0.212. The highest BCUT2D eigenvalue weighted by Crippen LogP contribution is 2.49. The summed E-state index contributed by atoms with van der Waals surface area (Å²) in [5.41, 5.74) is 3.53. The van der Waals surface area contributed by atoms with Crippen molar-refractivity contribution in [3.05, 3.63) is 123 Å². The normalized spacial score (nSPS) is 17.6. The highest BCUT2D eigenvalue weighted by molar-refractivity contribution is 6.30. The Kier molecular flexibility index (Phi) is 6.94. The van der Waals surface area contributed by atoms with Gasteiger partial charge in [-0.15, -0.1) is 0 Å². The van der Waals surface area contributed by atoms with Gasteiger partial charge >= 0.3 is 0 Å². The summed E-state index contributed by atoms with van der Waals surface area (Å²) in [5.74, 6) is 0.496. The average molecular weight is 582 g/mol. The molecular weight excluding hydrogens is 554 g/mol. The molecule has 3 aromatic carbocycles. The number of nitrogens with one attached hydrogen (secondary N) is 1. The summed E-state index contributed by atoms with van der Waals surface area (Å²) in [6.07, 6.45) is 0.997. The zero-order valence-electron chi connectivity index (χ0n) is 23.1. The van der Waals surface area contributed by atoms with Gasteiger partial charge in [0, 0.05) is 40.4 Å². The number of non-ortho nitro benzene ring substituents is 1. The highest BCUT2D eigenvalue weighted by Gasteiger charge is 2.44. The maximum atomic E-state index is 14.3. The Balaban J connectivity index is 1.52. The van der Waals surface area contributed by atoms with Gasteiger partial charge < -0.3 is 9.73 Å². The number of para-hydroxylation sites is 2. The molecule has 0 saturated carbocycles. The van der Waals surface area contributed by atoms with Crippen molar-refractivity contribution in [2.24, 2.45) is 5.41 Å². The first-order valence-electron chi connectivity index (χ1n) is 13.6. The van der Waals surface area contributed by atoms with Crippen molar-refractivity contribution in [3.63, 3.8) is 0 Å². The Labute approximate surface area is 247 Å². The lowest BCUT2D eigenvalue weighted by atomic mass is 9.74. The van der Waals surface area contributed by atoms with Crippen LogP contribution in [-0.2, 0) is 16.0 Å². The van der Waals surface area contributed by atoms with Crippen molar-refractivity contribution in [3.8, 4) is 11.3 Å². The van der Waals surface area contributed by atoms with Crippen molar-refractivity contribution in [1.82, 2.24) is 0 Å². The summed E-state index contributed by atoms with van der Waals surface area (Å²) in [6.45, 7) is 4.11. The number of furan rings is 1. The van der Waals surface area contributed by atoms with E-state index >= 15 is 0 Å². The number of fused-ring (bicyclic) bond motifs is 1. The lowest BCUT2D eigenvalue weighted by Gasteiger charge is -2.36. The zero-order valence-corrected chi connectivity index (χ0v) is 23.9. The monoisotopic (exact) mass is 581 g/mol. The molecule has 6 rings (SSSR count). The summed E-state index contributed by atoms with van der Waals surface area (Å²) in [7, 11) is 0. The maximum Gasteiger partial charge on any atom is 0.270 e. The number of anilines is 2. The number of halogens is 1. The first-order chi connectivity index (χ1) is 20.1. The van der Waals surface area contributed by atoms with Crippen LogP contribution in [0.25, 0.3) is 11.3 Å². The summed E-state index contributed by atoms with van der Waals surface area (Å²) in [4.78, 5) is 40.8. The summed E-state index contributed by atoms with van der Waals surface area (Å²) in [5, 5.41) is 15.5. The predicted molar refractivity (Wildman–Crippen MR) is 161 cm³/mol. The van der Waals surface area contributed by atoms with Crippen LogP contribution in [0.3, 0.4) is 0 Å². The second-order valence-electron chi connectivity index (χ2n) is 11.5. The van der Waals surface area contributed by atoms with Crippen molar-refractivity contribution in [1.29, 1.82) is 0 Å². The predicted octanol–water partition coefficient (Wildman–Crippen LogP) is 7.89. The van der Waals surface area contributed by atoms with E-state index in [4.69, 9.17) is 16.0 Å². The number of ketones is 1. The van der Waals surface area contributed by atoms with E-state index in [1.807, 2.05) is 36.4 Å². The lowest BCUT2D eigenvalue weighted by molar-refractivity contribution is -0.384. The van der Waals surface area contributed by atoms with Crippen molar-refractivity contribution in [2.45, 2.75) is 39.2 Å². The molecule has 1 aliphatic carbocycles. The number of hydrogen-bond donors (Lipinski definition) is 1. The number of Topliss-reactive ketones (excluding diaryl/α,β-unsaturated/α-hetero) is 1. The summed E-state index contributed by atoms with van der Waals surface area (Å²) in [6, 6.07) is 23.4. The molecule has 0 unspecified atom stereocenters. The first-order valence-corrected chi connectivity index (χ1v) is 14.0. The molecule has 1 aliphatic heterocycles. The van der Waals surface area contributed by atoms with Crippen LogP contribution in [0.15, 0.2) is 101 Å². The second-order valence-corrected chi connectivity index (χ2v) is 11.9. The number of carbonyl (C=O) groups excluding carboxylic acids is 2. The van der Waals surface area contributed by atoms with E-state index in [0.717, 1.165) is 11.3 Å². The second kappa shape index (κ2) is 10.6. The van der Waals surface area contributed by atoms with Gasteiger partial charge in [-0.25, -0.2) is 0 Å². The highest BCUT2D eigenvalue weighted by atomic mass is 35.5. The molecule has 0 saturated heterocycles. The number of nitro benzene ring substituents is 1. The minimum Gasteiger partial charge on any atom is -0.458 e. The first kappa shape index (κ1) is 27.5. The van der Waals surface area contributed by atoms with Gasteiger partial charge in [-0.3, -0.25) is 24.6 Å². The molecule has 212 valence electrons. The van der Waals surface area contributed by atoms with Crippen LogP contribution in [0, 0.1) is 15.5 Å². The molecule has 1 N–H and O–H groups in total. The molecule has 1 amide bonds. The lowest BCUT2D eigenvalue weighted by Crippen LogP contribution is -2.40. The fourth-order valence-electron chi connectivity index (χ4n) is 5.82. The van der Waals surface area contributed by atoms with Gasteiger partial charge in [0.15, 0.2) is 5.78 Å². The third kappa shape index (κ3) is 5.21. The standard InChI is InChI=1S/C33H28ClN3O5/c1-33(2)18-25-31(27(38)19-33)32(29-15-14-28(42-29)21-6-5-7-23(17-21)37(40)41)36(26-9-4-3-8-24(26)35-25)30(39)16-20-10-12-22(34)13-11-20/h3-15,17,32,35H,16,18-19H2,1-2H3/t32-/m1/s1. The number of rotatable bonds is 5.